The van der Waals surface area contributed by atoms with Gasteiger partial charge in [-0.3, -0.25) is 28.8 Å². The van der Waals surface area contributed by atoms with Gasteiger partial charge in [0.1, 0.15) is 12.7 Å². The Bertz CT molecular complexity index is 1460. The standard InChI is InChI=1S/C47H68O10/c1-4-6-22-34-28-30-36(42-40(34)44(50)56-46(42)52)24-18-14-10-8-12-16-20-26-38(48)54-32-33(3)55-39(49)27-21-17-13-9-11-15-19-25-37-31-29-35(23-7-5-2)41-43(37)47(53)57-45(41)51/h18-19,24-25,28-31,33-37,40-43H,4-17,20-23,26-27,32H2,1-3H3/b24-18+,25-19+. The van der Waals surface area contributed by atoms with Gasteiger partial charge in [0.2, 0.25) is 0 Å². The Morgan fingerprint density at radius 3 is 1.47 bits per heavy atom. The summed E-state index contributed by atoms with van der Waals surface area (Å²) in [5, 5.41) is 0. The molecule has 316 valence electrons. The van der Waals surface area contributed by atoms with Crippen LogP contribution in [0.1, 0.15) is 149 Å². The van der Waals surface area contributed by atoms with Crippen molar-refractivity contribution in [2.45, 2.75) is 155 Å². The number of rotatable bonds is 27. The lowest BCUT2D eigenvalue weighted by Crippen LogP contribution is -2.33. The molecule has 0 N–H and O–H groups in total. The second-order valence-electron chi connectivity index (χ2n) is 16.6. The Kier molecular flexibility index (Phi) is 20.0. The molecule has 2 aliphatic heterocycles. The van der Waals surface area contributed by atoms with Crippen molar-refractivity contribution in [1.82, 2.24) is 0 Å². The molecule has 4 rings (SSSR count). The highest BCUT2D eigenvalue weighted by Crippen LogP contribution is 2.44. The maximum Gasteiger partial charge on any atom is 0.318 e. The second-order valence-corrected chi connectivity index (χ2v) is 16.6. The van der Waals surface area contributed by atoms with E-state index in [2.05, 4.69) is 62.5 Å². The Morgan fingerprint density at radius 1 is 0.579 bits per heavy atom. The highest BCUT2D eigenvalue weighted by Gasteiger charge is 2.52. The number of hydrogen-bond acceptors (Lipinski definition) is 10. The van der Waals surface area contributed by atoms with Gasteiger partial charge in [0.15, 0.2) is 0 Å². The molecule has 10 heteroatoms. The molecule has 0 aromatic carbocycles. The van der Waals surface area contributed by atoms with Crippen LogP contribution in [0.4, 0.5) is 0 Å². The summed E-state index contributed by atoms with van der Waals surface area (Å²) in [7, 11) is 0. The van der Waals surface area contributed by atoms with Gasteiger partial charge in [-0.25, -0.2) is 0 Å². The number of carbonyl (C=O) groups is 6. The van der Waals surface area contributed by atoms with Crippen molar-refractivity contribution in [3.8, 4) is 0 Å². The molecule has 57 heavy (non-hydrogen) atoms. The molecule has 9 unspecified atom stereocenters. The van der Waals surface area contributed by atoms with Crippen molar-refractivity contribution >= 4 is 35.8 Å². The lowest BCUT2D eigenvalue weighted by atomic mass is 9.70. The maximum atomic E-state index is 12.4. The first kappa shape index (κ1) is 45.9. The molecule has 0 spiro atoms. The number of unbranched alkanes of at least 4 members (excludes halogenated alkanes) is 12. The summed E-state index contributed by atoms with van der Waals surface area (Å²) in [4.78, 5) is 74.1. The summed E-state index contributed by atoms with van der Waals surface area (Å²) >= 11 is 0. The number of hydrogen-bond donors (Lipinski definition) is 0. The average Bonchev–Trinajstić information content (AvgIpc) is 3.67. The van der Waals surface area contributed by atoms with E-state index in [4.69, 9.17) is 18.9 Å². The van der Waals surface area contributed by atoms with Crippen LogP contribution >= 0.6 is 0 Å². The number of cyclic esters (lactones) is 4. The highest BCUT2D eigenvalue weighted by atomic mass is 16.6. The molecule has 0 radical (unpaired) electrons. The van der Waals surface area contributed by atoms with Crippen LogP contribution in [0.15, 0.2) is 48.6 Å². The molecule has 0 aromatic rings. The van der Waals surface area contributed by atoms with Crippen molar-refractivity contribution in [3.05, 3.63) is 48.6 Å². The molecule has 2 aliphatic carbocycles. The van der Waals surface area contributed by atoms with Crippen molar-refractivity contribution in [2.75, 3.05) is 6.61 Å². The Labute approximate surface area is 340 Å². The lowest BCUT2D eigenvalue weighted by Gasteiger charge is -2.29. The summed E-state index contributed by atoms with van der Waals surface area (Å²) in [6.45, 7) is 6.04. The Balaban J connectivity index is 0.957. The van der Waals surface area contributed by atoms with Crippen molar-refractivity contribution in [1.29, 1.82) is 0 Å². The van der Waals surface area contributed by atoms with Crippen LogP contribution in [0.25, 0.3) is 0 Å². The minimum absolute atomic E-state index is 0.0580. The van der Waals surface area contributed by atoms with Gasteiger partial charge in [-0.1, -0.05) is 127 Å². The van der Waals surface area contributed by atoms with E-state index in [1.807, 2.05) is 0 Å². The predicted octanol–water partition coefficient (Wildman–Crippen LogP) is 9.65. The zero-order valence-electron chi connectivity index (χ0n) is 34.7. The monoisotopic (exact) mass is 792 g/mol. The van der Waals surface area contributed by atoms with E-state index in [1.165, 1.54) is 0 Å². The van der Waals surface area contributed by atoms with Crippen molar-refractivity contribution < 1.29 is 47.7 Å². The van der Waals surface area contributed by atoms with Gasteiger partial charge in [-0.15, -0.1) is 0 Å². The summed E-state index contributed by atoms with van der Waals surface area (Å²) in [6.07, 6.45) is 34.1. The number of ether oxygens (including phenoxy) is 4. The van der Waals surface area contributed by atoms with Gasteiger partial charge in [-0.2, -0.15) is 0 Å². The van der Waals surface area contributed by atoms with Crippen LogP contribution in [0, 0.1) is 47.3 Å². The van der Waals surface area contributed by atoms with Gasteiger partial charge in [0.05, 0.1) is 23.7 Å². The van der Waals surface area contributed by atoms with E-state index in [-0.39, 0.29) is 77.9 Å². The zero-order valence-corrected chi connectivity index (χ0v) is 34.7. The first-order valence-electron chi connectivity index (χ1n) is 22.2. The molecule has 0 aromatic heterocycles. The number of carbonyl (C=O) groups excluding carboxylic acids is 6. The van der Waals surface area contributed by atoms with Gasteiger partial charge >= 0.3 is 35.8 Å². The molecule has 0 amide bonds. The van der Waals surface area contributed by atoms with Gasteiger partial charge < -0.3 is 18.9 Å². The van der Waals surface area contributed by atoms with E-state index < -0.39 is 17.9 Å². The summed E-state index contributed by atoms with van der Waals surface area (Å²) in [5.41, 5.74) is 0. The molecule has 2 heterocycles. The third-order valence-corrected chi connectivity index (χ3v) is 12.0. The van der Waals surface area contributed by atoms with E-state index in [9.17, 15) is 28.8 Å². The van der Waals surface area contributed by atoms with Crippen molar-refractivity contribution in [3.63, 3.8) is 0 Å². The van der Waals surface area contributed by atoms with Crippen molar-refractivity contribution in [2.24, 2.45) is 47.3 Å². The van der Waals surface area contributed by atoms with Crippen LogP contribution in [0.5, 0.6) is 0 Å². The average molecular weight is 793 g/mol. The number of fused-ring (bicyclic) bond motifs is 2. The molecule has 0 saturated carbocycles. The third kappa shape index (κ3) is 14.5. The topological polar surface area (TPSA) is 139 Å². The number of allylic oxidation sites excluding steroid dienone is 8. The molecular formula is C47H68O10. The largest absolute Gasteiger partial charge is 0.462 e. The lowest BCUT2D eigenvalue weighted by molar-refractivity contribution is -0.158. The first-order valence-corrected chi connectivity index (χ1v) is 22.2. The molecule has 4 aliphatic rings. The van der Waals surface area contributed by atoms with Crippen LogP contribution < -0.4 is 0 Å². The third-order valence-electron chi connectivity index (χ3n) is 12.0. The van der Waals surface area contributed by atoms with Gasteiger partial charge in [0, 0.05) is 24.7 Å². The Morgan fingerprint density at radius 2 is 1.00 bits per heavy atom. The van der Waals surface area contributed by atoms with Gasteiger partial charge in [-0.05, 0) is 70.1 Å². The fourth-order valence-corrected chi connectivity index (χ4v) is 8.78. The van der Waals surface area contributed by atoms with Crippen LogP contribution in [-0.2, 0) is 47.7 Å². The van der Waals surface area contributed by atoms with Crippen LogP contribution in [-0.4, -0.2) is 48.5 Å². The minimum Gasteiger partial charge on any atom is -0.462 e. The molecule has 0 bridgehead atoms. The SMILES string of the molecule is CCCCC1C=CC(/C=C/CCCCCCCC(=O)OCC(C)OC(=O)CCCCCCC/C=C/C2C=CC(CCCC)C3C(=O)OC(=O)C23)C2C(=O)OC(=O)C12. The van der Waals surface area contributed by atoms with Gasteiger partial charge in [0.25, 0.3) is 0 Å². The maximum absolute atomic E-state index is 12.4. The summed E-state index contributed by atoms with van der Waals surface area (Å²) in [6, 6.07) is 0. The second kappa shape index (κ2) is 24.8. The first-order chi connectivity index (χ1) is 27.6. The normalized spacial score (nSPS) is 27.1. The zero-order chi connectivity index (χ0) is 41.0. The fraction of sp³-hybridized carbons (Fsp3) is 0.702. The molecule has 2 fully saturated rings. The highest BCUT2D eigenvalue weighted by molar-refractivity contribution is 5.98. The molecule has 9 atom stereocenters. The Hall–Kier alpha value is -3.82. The molecular weight excluding hydrogens is 725 g/mol. The van der Waals surface area contributed by atoms with E-state index in [0.29, 0.717) is 12.8 Å². The van der Waals surface area contributed by atoms with E-state index in [0.717, 1.165) is 116 Å². The van der Waals surface area contributed by atoms with Crippen LogP contribution in [0.3, 0.4) is 0 Å². The molecule has 2 saturated heterocycles. The fourth-order valence-electron chi connectivity index (χ4n) is 8.78. The summed E-state index contributed by atoms with van der Waals surface area (Å²) in [5.74, 6) is -3.61. The van der Waals surface area contributed by atoms with E-state index >= 15 is 0 Å². The minimum atomic E-state index is -0.487. The number of esters is 6. The van der Waals surface area contributed by atoms with Crippen LogP contribution in [0.2, 0.25) is 0 Å². The summed E-state index contributed by atoms with van der Waals surface area (Å²) < 4.78 is 20.8. The smallest absolute Gasteiger partial charge is 0.318 e. The van der Waals surface area contributed by atoms with E-state index in [1.54, 1.807) is 6.92 Å². The predicted molar refractivity (Wildman–Crippen MR) is 217 cm³/mol. The quantitative estimate of drug-likeness (QED) is 0.0260. The molecule has 10 nitrogen and oxygen atoms in total.